The van der Waals surface area contributed by atoms with Crippen molar-refractivity contribution >= 4 is 17.5 Å². The van der Waals surface area contributed by atoms with Crippen molar-refractivity contribution in [3.05, 3.63) is 76.1 Å². The number of methoxy groups -OCH3 is 1. The highest BCUT2D eigenvalue weighted by Crippen LogP contribution is 2.32. The Balaban J connectivity index is -0.000000283. The third-order valence-corrected chi connectivity index (χ3v) is 7.30. The number of nitrogen functional groups attached to an aromatic ring is 1. The maximum absolute atomic E-state index is 7.00. The van der Waals surface area contributed by atoms with Crippen LogP contribution in [0.4, 0.5) is 5.69 Å². The first-order valence-corrected chi connectivity index (χ1v) is 20.7. The normalized spacial score (nSPS) is 12.2. The van der Waals surface area contributed by atoms with E-state index in [2.05, 4.69) is 98.7 Å². The highest BCUT2D eigenvalue weighted by atomic mass is 16.4. The van der Waals surface area contributed by atoms with E-state index in [0.29, 0.717) is 17.9 Å². The SMILES string of the molecule is C/C=C\C(=C/C)c1nc(C(CCC)CNCc2ccc(N)c(C=NC3CC3)c2)cc(C(C)CC)c1C.CC.CC.CC.CC.CC.CN.CO.COC. The molecule has 0 bridgehead atoms. The van der Waals surface area contributed by atoms with Gasteiger partial charge in [-0.25, -0.2) is 0 Å². The molecule has 2 unspecified atom stereocenters. The van der Waals surface area contributed by atoms with Crippen LogP contribution in [0, 0.1) is 6.92 Å². The number of aliphatic imine (C=N–C) groups is 1. The third-order valence-electron chi connectivity index (χ3n) is 7.30. The summed E-state index contributed by atoms with van der Waals surface area (Å²) >= 11 is 0. The van der Waals surface area contributed by atoms with Gasteiger partial charge in [0.2, 0.25) is 0 Å². The molecule has 6 N–H and O–H groups in total. The van der Waals surface area contributed by atoms with E-state index in [1.807, 2.05) is 81.5 Å². The van der Waals surface area contributed by atoms with Crippen LogP contribution >= 0.6 is 0 Å². The Hall–Kier alpha value is -2.84. The fraction of sp³-hybridized carbons (Fsp3) is 0.652. The minimum atomic E-state index is 0.366. The average molecular weight is 746 g/mol. The van der Waals surface area contributed by atoms with E-state index in [1.54, 1.807) is 14.2 Å². The molecule has 1 aliphatic carbocycles. The molecule has 1 aromatic carbocycles. The van der Waals surface area contributed by atoms with Crippen LogP contribution in [0.25, 0.3) is 5.57 Å². The lowest BCUT2D eigenvalue weighted by atomic mass is 9.88. The van der Waals surface area contributed by atoms with Gasteiger partial charge in [-0.05, 0) is 99.9 Å². The monoisotopic (exact) mass is 746 g/mol. The van der Waals surface area contributed by atoms with Gasteiger partial charge >= 0.3 is 0 Å². The summed E-state index contributed by atoms with van der Waals surface area (Å²) in [5, 5.41) is 10.7. The number of nitrogens with one attached hydrogen (secondary N) is 1. The minimum Gasteiger partial charge on any atom is -0.400 e. The molecule has 7 nitrogen and oxygen atoms in total. The fourth-order valence-corrected chi connectivity index (χ4v) is 4.71. The van der Waals surface area contributed by atoms with Gasteiger partial charge in [0, 0.05) is 63.5 Å². The van der Waals surface area contributed by atoms with Crippen molar-refractivity contribution in [3.63, 3.8) is 0 Å². The van der Waals surface area contributed by atoms with Gasteiger partial charge in [-0.2, -0.15) is 0 Å². The quantitative estimate of drug-likeness (QED) is 0.0921. The second kappa shape index (κ2) is 47.2. The number of ether oxygens (including phenoxy) is 1. The topological polar surface area (TPSA) is 119 Å². The molecular weight excluding hydrogens is 655 g/mol. The predicted molar refractivity (Wildman–Crippen MR) is 245 cm³/mol. The van der Waals surface area contributed by atoms with Crippen LogP contribution in [0.15, 0.2) is 47.5 Å². The van der Waals surface area contributed by atoms with Crippen molar-refractivity contribution in [1.82, 2.24) is 10.3 Å². The highest BCUT2D eigenvalue weighted by molar-refractivity contribution is 5.87. The average Bonchev–Trinajstić information content (AvgIpc) is 4.07. The number of allylic oxidation sites excluding steroid dienone is 4. The van der Waals surface area contributed by atoms with Crippen molar-refractivity contribution < 1.29 is 9.84 Å². The van der Waals surface area contributed by atoms with E-state index >= 15 is 0 Å². The third kappa shape index (κ3) is 28.3. The van der Waals surface area contributed by atoms with Crippen LogP contribution in [-0.4, -0.2) is 57.3 Å². The smallest absolute Gasteiger partial charge is 0.0733 e. The van der Waals surface area contributed by atoms with Gasteiger partial charge in [0.25, 0.3) is 0 Å². The molecule has 2 aromatic rings. The molecule has 1 aliphatic rings. The van der Waals surface area contributed by atoms with Gasteiger partial charge in [-0.15, -0.1) is 0 Å². The van der Waals surface area contributed by atoms with Crippen LogP contribution in [0.3, 0.4) is 0 Å². The zero-order valence-electron chi connectivity index (χ0n) is 38.7. The summed E-state index contributed by atoms with van der Waals surface area (Å²) in [4.78, 5) is 9.88. The van der Waals surface area contributed by atoms with Gasteiger partial charge in [0.15, 0.2) is 0 Å². The molecule has 312 valence electrons. The lowest BCUT2D eigenvalue weighted by Gasteiger charge is -2.23. The highest BCUT2D eigenvalue weighted by Gasteiger charge is 2.20. The minimum absolute atomic E-state index is 0.366. The first kappa shape index (κ1) is 62.2. The molecular formula is C46H91N5O2. The molecule has 1 heterocycles. The fourth-order valence-electron chi connectivity index (χ4n) is 4.71. The Kier molecular flexibility index (Phi) is 55.3. The maximum atomic E-state index is 7.00. The summed E-state index contributed by atoms with van der Waals surface area (Å²) in [7, 11) is 5.75. The van der Waals surface area contributed by atoms with Crippen LogP contribution in [0.1, 0.15) is 181 Å². The molecule has 0 spiro atoms. The molecule has 1 saturated carbocycles. The molecule has 1 aromatic heterocycles. The second-order valence-electron chi connectivity index (χ2n) is 10.7. The number of nitrogens with two attached hydrogens (primary N) is 2. The summed E-state index contributed by atoms with van der Waals surface area (Å²) < 4.78 is 4.25. The first-order valence-electron chi connectivity index (χ1n) is 20.7. The van der Waals surface area contributed by atoms with E-state index < -0.39 is 0 Å². The Morgan fingerprint density at radius 1 is 0.962 bits per heavy atom. The largest absolute Gasteiger partial charge is 0.400 e. The van der Waals surface area contributed by atoms with Gasteiger partial charge in [-0.3, -0.25) is 9.98 Å². The number of anilines is 1. The number of pyridine rings is 1. The number of hydrogen-bond donors (Lipinski definition) is 4. The Labute approximate surface area is 331 Å². The number of hydrogen-bond acceptors (Lipinski definition) is 7. The van der Waals surface area contributed by atoms with E-state index in [0.717, 1.165) is 56.4 Å². The predicted octanol–water partition coefficient (Wildman–Crippen LogP) is 12.3. The number of rotatable bonds is 13. The van der Waals surface area contributed by atoms with Crippen LogP contribution < -0.4 is 16.8 Å². The Morgan fingerprint density at radius 2 is 1.49 bits per heavy atom. The lowest BCUT2D eigenvalue weighted by molar-refractivity contribution is 0.277. The van der Waals surface area contributed by atoms with Crippen molar-refractivity contribution in [3.8, 4) is 0 Å². The molecule has 1 fully saturated rings. The van der Waals surface area contributed by atoms with Crippen LogP contribution in [0.2, 0.25) is 0 Å². The van der Waals surface area contributed by atoms with Crippen molar-refractivity contribution in [2.24, 2.45) is 10.7 Å². The zero-order chi connectivity index (χ0) is 42.8. The summed E-state index contributed by atoms with van der Waals surface area (Å²) in [6, 6.07) is 9.17. The number of nitrogens with zero attached hydrogens (tertiary/aromatic N) is 2. The molecule has 2 atom stereocenters. The Morgan fingerprint density at radius 3 is 1.92 bits per heavy atom. The van der Waals surface area contributed by atoms with Gasteiger partial charge in [0.1, 0.15) is 0 Å². The molecule has 53 heavy (non-hydrogen) atoms. The number of aliphatic hydroxyl groups excluding tert-OH is 1. The van der Waals surface area contributed by atoms with Crippen molar-refractivity contribution in [1.29, 1.82) is 0 Å². The van der Waals surface area contributed by atoms with E-state index in [-0.39, 0.29) is 0 Å². The number of aliphatic hydroxyl groups is 1. The maximum Gasteiger partial charge on any atom is 0.0733 e. The first-order chi connectivity index (χ1) is 25.8. The molecule has 0 aliphatic heterocycles. The number of benzene rings is 1. The summed E-state index contributed by atoms with van der Waals surface area (Å²) in [5.74, 6) is 0.875. The Bertz CT molecular complexity index is 1130. The second-order valence-corrected chi connectivity index (χ2v) is 10.7. The summed E-state index contributed by atoms with van der Waals surface area (Å²) in [6.07, 6.45) is 14.2. The standard InChI is InChI=1S/C32H46N4.C2H6O.5C2H6.CH5N.CH4O/c1-7-11-25(10-4)32-23(6)29(22(5)9-3)18-31(36-32)26(12-8-2)20-34-19-24-13-16-30(33)27(17-24)21-35-28-14-15-28;1-3-2;7*1-2/h7,10-11,13,16-18,21-22,26,28,34H,8-9,12,14-15,19-20,33H2,1-6H3;1-2H3;5*1-2H3;2H2,1H3;2H,1H3/b11-7-,25-10+,35-21?;;;;;;;;. The molecule has 7 heteroatoms. The molecule has 0 radical (unpaired) electrons. The zero-order valence-corrected chi connectivity index (χ0v) is 38.7. The van der Waals surface area contributed by atoms with Crippen molar-refractivity contribution in [2.75, 3.05) is 40.7 Å². The van der Waals surface area contributed by atoms with E-state index in [9.17, 15) is 0 Å². The lowest BCUT2D eigenvalue weighted by Crippen LogP contribution is -2.23. The van der Waals surface area contributed by atoms with Crippen molar-refractivity contribution in [2.45, 2.75) is 167 Å². The number of aromatic nitrogens is 1. The molecule has 0 amide bonds. The van der Waals surface area contributed by atoms with Gasteiger partial charge in [-0.1, -0.05) is 121 Å². The van der Waals surface area contributed by atoms with E-state index in [1.165, 1.54) is 47.8 Å². The van der Waals surface area contributed by atoms with Gasteiger partial charge < -0.3 is 26.6 Å². The van der Waals surface area contributed by atoms with E-state index in [4.69, 9.17) is 15.8 Å². The molecule has 0 saturated heterocycles. The van der Waals surface area contributed by atoms with Crippen LogP contribution in [-0.2, 0) is 11.3 Å². The van der Waals surface area contributed by atoms with Gasteiger partial charge in [0.05, 0.1) is 11.7 Å². The molecule has 3 rings (SSSR count). The van der Waals surface area contributed by atoms with Crippen LogP contribution in [0.5, 0.6) is 0 Å². The summed E-state index contributed by atoms with van der Waals surface area (Å²) in [5.41, 5.74) is 20.0. The summed E-state index contributed by atoms with van der Waals surface area (Å²) in [6.45, 7) is 35.0.